The SMILES string of the molecule is Cc1c(CN(C)CC2CNCCO2)n(C)c2ccccc12. The molecule has 0 amide bonds. The van der Waals surface area contributed by atoms with Gasteiger partial charge in [-0.1, -0.05) is 18.2 Å². The molecular weight excluding hydrogens is 262 g/mol. The first kappa shape index (κ1) is 14.6. The lowest BCUT2D eigenvalue weighted by atomic mass is 10.1. The fraction of sp³-hybridized carbons (Fsp3) is 0.529. The van der Waals surface area contributed by atoms with Crippen molar-refractivity contribution >= 4 is 10.9 Å². The molecule has 4 nitrogen and oxygen atoms in total. The summed E-state index contributed by atoms with van der Waals surface area (Å²) in [7, 11) is 4.34. The molecule has 21 heavy (non-hydrogen) atoms. The van der Waals surface area contributed by atoms with Crippen molar-refractivity contribution in [2.24, 2.45) is 7.05 Å². The Morgan fingerprint density at radius 1 is 1.38 bits per heavy atom. The molecule has 0 aliphatic carbocycles. The second-order valence-electron chi connectivity index (χ2n) is 6.04. The zero-order valence-electron chi connectivity index (χ0n) is 13.2. The number of aromatic nitrogens is 1. The summed E-state index contributed by atoms with van der Waals surface area (Å²) in [6.07, 6.45) is 0.304. The highest BCUT2D eigenvalue weighted by Crippen LogP contribution is 2.25. The number of para-hydroxylation sites is 1. The van der Waals surface area contributed by atoms with Crippen molar-refractivity contribution in [3.63, 3.8) is 0 Å². The third-order valence-corrected chi connectivity index (χ3v) is 4.45. The first-order valence-electron chi connectivity index (χ1n) is 7.70. The van der Waals surface area contributed by atoms with Crippen molar-refractivity contribution in [3.05, 3.63) is 35.5 Å². The van der Waals surface area contributed by atoms with E-state index in [0.29, 0.717) is 6.10 Å². The summed E-state index contributed by atoms with van der Waals surface area (Å²) in [6, 6.07) is 8.63. The van der Waals surface area contributed by atoms with Crippen LogP contribution in [0.25, 0.3) is 10.9 Å². The quantitative estimate of drug-likeness (QED) is 0.931. The largest absolute Gasteiger partial charge is 0.374 e. The molecule has 1 N–H and O–H groups in total. The van der Waals surface area contributed by atoms with Crippen LogP contribution in [0.5, 0.6) is 0 Å². The van der Waals surface area contributed by atoms with Gasteiger partial charge in [0.1, 0.15) is 0 Å². The Bertz CT molecular complexity index is 575. The molecule has 3 rings (SSSR count). The van der Waals surface area contributed by atoms with Crippen molar-refractivity contribution in [2.45, 2.75) is 19.6 Å². The maximum atomic E-state index is 5.79. The maximum absolute atomic E-state index is 5.79. The molecule has 1 aromatic carbocycles. The van der Waals surface area contributed by atoms with Crippen LogP contribution in [0.2, 0.25) is 0 Å². The molecule has 114 valence electrons. The molecular formula is C17H25N3O. The van der Waals surface area contributed by atoms with Crippen LogP contribution >= 0.6 is 0 Å². The van der Waals surface area contributed by atoms with Crippen LogP contribution in [0.1, 0.15) is 11.3 Å². The van der Waals surface area contributed by atoms with Crippen LogP contribution in [0.4, 0.5) is 0 Å². The Morgan fingerprint density at radius 3 is 2.90 bits per heavy atom. The molecule has 1 unspecified atom stereocenters. The molecule has 0 spiro atoms. The number of rotatable bonds is 4. The van der Waals surface area contributed by atoms with E-state index in [9.17, 15) is 0 Å². The molecule has 4 heteroatoms. The van der Waals surface area contributed by atoms with Crippen LogP contribution in [0, 0.1) is 6.92 Å². The number of morpholine rings is 1. The standard InChI is InChI=1S/C17H25N3O/c1-13-15-6-4-5-7-16(15)20(3)17(13)12-19(2)11-14-10-18-8-9-21-14/h4-7,14,18H,8-12H2,1-3H3. The number of hydrogen-bond acceptors (Lipinski definition) is 3. The molecule has 0 bridgehead atoms. The number of aryl methyl sites for hydroxylation is 2. The first-order valence-corrected chi connectivity index (χ1v) is 7.70. The van der Waals surface area contributed by atoms with E-state index in [4.69, 9.17) is 4.74 Å². The molecule has 2 aromatic rings. The second-order valence-corrected chi connectivity index (χ2v) is 6.04. The van der Waals surface area contributed by atoms with E-state index in [0.717, 1.165) is 32.8 Å². The van der Waals surface area contributed by atoms with Gasteiger partial charge in [0.25, 0.3) is 0 Å². The molecule has 1 atom stereocenters. The van der Waals surface area contributed by atoms with E-state index in [1.54, 1.807) is 0 Å². The summed E-state index contributed by atoms with van der Waals surface area (Å²) in [5.74, 6) is 0. The summed E-state index contributed by atoms with van der Waals surface area (Å²) in [4.78, 5) is 2.36. The minimum atomic E-state index is 0.304. The van der Waals surface area contributed by atoms with Crippen molar-refractivity contribution < 1.29 is 4.74 Å². The fourth-order valence-electron chi connectivity index (χ4n) is 3.27. The molecule has 0 radical (unpaired) electrons. The fourth-order valence-corrected chi connectivity index (χ4v) is 3.27. The molecule has 1 aliphatic rings. The molecule has 0 saturated carbocycles. The Balaban J connectivity index is 1.75. The van der Waals surface area contributed by atoms with E-state index in [-0.39, 0.29) is 0 Å². The molecule has 1 saturated heterocycles. The first-order chi connectivity index (χ1) is 10.2. The number of hydrogen-bond donors (Lipinski definition) is 1. The van der Waals surface area contributed by atoms with Gasteiger partial charge in [-0.25, -0.2) is 0 Å². The third kappa shape index (κ3) is 2.98. The monoisotopic (exact) mass is 287 g/mol. The predicted molar refractivity (Wildman–Crippen MR) is 86.6 cm³/mol. The topological polar surface area (TPSA) is 29.4 Å². The van der Waals surface area contributed by atoms with Gasteiger partial charge in [-0.15, -0.1) is 0 Å². The predicted octanol–water partition coefficient (Wildman–Crippen LogP) is 1.91. The number of benzene rings is 1. The highest BCUT2D eigenvalue weighted by molar-refractivity contribution is 5.85. The Morgan fingerprint density at radius 2 is 2.19 bits per heavy atom. The van der Waals surface area contributed by atoms with Gasteiger partial charge in [0.15, 0.2) is 0 Å². The number of nitrogens with zero attached hydrogens (tertiary/aromatic N) is 2. The van der Waals surface area contributed by atoms with Gasteiger partial charge in [0.2, 0.25) is 0 Å². The lowest BCUT2D eigenvalue weighted by Gasteiger charge is -2.28. The van der Waals surface area contributed by atoms with E-state index in [2.05, 4.69) is 60.1 Å². The summed E-state index contributed by atoms with van der Waals surface area (Å²) < 4.78 is 8.12. The highest BCUT2D eigenvalue weighted by atomic mass is 16.5. The van der Waals surface area contributed by atoms with Crippen LogP contribution < -0.4 is 5.32 Å². The zero-order valence-corrected chi connectivity index (χ0v) is 13.2. The Hall–Kier alpha value is -1.36. The normalized spacial score (nSPS) is 19.5. The highest BCUT2D eigenvalue weighted by Gasteiger charge is 2.18. The second kappa shape index (κ2) is 6.18. The van der Waals surface area contributed by atoms with Crippen LogP contribution in [-0.4, -0.2) is 48.9 Å². The molecule has 2 heterocycles. The van der Waals surface area contributed by atoms with Crippen molar-refractivity contribution in [1.82, 2.24) is 14.8 Å². The average Bonchev–Trinajstić information content (AvgIpc) is 2.74. The maximum Gasteiger partial charge on any atom is 0.0826 e. The van der Waals surface area contributed by atoms with Gasteiger partial charge in [0.05, 0.1) is 12.7 Å². The molecule has 1 aliphatic heterocycles. The van der Waals surface area contributed by atoms with Gasteiger partial charge >= 0.3 is 0 Å². The van der Waals surface area contributed by atoms with E-state index in [1.165, 1.54) is 22.2 Å². The number of ether oxygens (including phenoxy) is 1. The Labute approximate surface area is 126 Å². The summed E-state index contributed by atoms with van der Waals surface area (Å²) >= 11 is 0. The van der Waals surface area contributed by atoms with E-state index < -0.39 is 0 Å². The van der Waals surface area contributed by atoms with Crippen molar-refractivity contribution in [2.75, 3.05) is 33.3 Å². The third-order valence-electron chi connectivity index (χ3n) is 4.45. The molecule has 1 fully saturated rings. The summed E-state index contributed by atoms with van der Waals surface area (Å²) in [6.45, 7) is 6.90. The van der Waals surface area contributed by atoms with E-state index >= 15 is 0 Å². The van der Waals surface area contributed by atoms with Crippen LogP contribution in [0.3, 0.4) is 0 Å². The van der Waals surface area contributed by atoms with Gasteiger partial charge in [-0.05, 0) is 25.6 Å². The van der Waals surface area contributed by atoms with Gasteiger partial charge < -0.3 is 14.6 Å². The van der Waals surface area contributed by atoms with Gasteiger partial charge in [-0.3, -0.25) is 4.90 Å². The van der Waals surface area contributed by atoms with Gasteiger partial charge in [-0.2, -0.15) is 0 Å². The average molecular weight is 287 g/mol. The van der Waals surface area contributed by atoms with Crippen molar-refractivity contribution in [1.29, 1.82) is 0 Å². The Kier molecular flexibility index (Phi) is 4.29. The lowest BCUT2D eigenvalue weighted by Crippen LogP contribution is -2.44. The number of fused-ring (bicyclic) bond motifs is 1. The number of likely N-dealkylation sites (N-methyl/N-ethyl adjacent to an activating group) is 1. The smallest absolute Gasteiger partial charge is 0.0826 e. The summed E-state index contributed by atoms with van der Waals surface area (Å²) in [5.41, 5.74) is 4.10. The summed E-state index contributed by atoms with van der Waals surface area (Å²) in [5, 5.41) is 4.75. The minimum Gasteiger partial charge on any atom is -0.374 e. The van der Waals surface area contributed by atoms with E-state index in [1.807, 2.05) is 0 Å². The number of nitrogens with one attached hydrogen (secondary N) is 1. The van der Waals surface area contributed by atoms with Crippen LogP contribution in [0.15, 0.2) is 24.3 Å². The lowest BCUT2D eigenvalue weighted by molar-refractivity contribution is 0.00855. The van der Waals surface area contributed by atoms with Gasteiger partial charge in [0, 0.05) is 49.8 Å². The molecule has 1 aromatic heterocycles. The zero-order chi connectivity index (χ0) is 14.8. The van der Waals surface area contributed by atoms with Crippen LogP contribution in [-0.2, 0) is 18.3 Å². The van der Waals surface area contributed by atoms with Crippen molar-refractivity contribution in [3.8, 4) is 0 Å². The minimum absolute atomic E-state index is 0.304.